The van der Waals surface area contributed by atoms with E-state index in [-0.39, 0.29) is 23.7 Å². The number of benzene rings is 2. The van der Waals surface area contributed by atoms with Crippen molar-refractivity contribution in [2.24, 2.45) is 0 Å². The molecule has 5 nitrogen and oxygen atoms in total. The average molecular weight is 412 g/mol. The van der Waals surface area contributed by atoms with Gasteiger partial charge in [0.2, 0.25) is 11.8 Å². The number of amides is 2. The second-order valence-corrected chi connectivity index (χ2v) is 8.08. The fourth-order valence-corrected chi connectivity index (χ4v) is 3.81. The van der Waals surface area contributed by atoms with E-state index < -0.39 is 0 Å². The first-order chi connectivity index (χ1) is 14.3. The summed E-state index contributed by atoms with van der Waals surface area (Å²) in [5, 5.41) is 0. The van der Waals surface area contributed by atoms with E-state index in [2.05, 4.69) is 4.90 Å². The third-order valence-corrected chi connectivity index (χ3v) is 5.73. The van der Waals surface area contributed by atoms with E-state index in [9.17, 15) is 14.0 Å². The number of likely N-dealkylation sites (N-methyl/N-ethyl adjacent to an activating group) is 1. The predicted octanol–water partition coefficient (Wildman–Crippen LogP) is 2.87. The van der Waals surface area contributed by atoms with E-state index in [1.165, 1.54) is 17.7 Å². The highest BCUT2D eigenvalue weighted by Gasteiger charge is 2.29. The van der Waals surface area contributed by atoms with E-state index in [4.69, 9.17) is 0 Å². The molecule has 1 aliphatic heterocycles. The maximum Gasteiger partial charge on any atom is 0.239 e. The molecule has 160 valence electrons. The van der Waals surface area contributed by atoms with Crippen LogP contribution < -0.4 is 0 Å². The fraction of sp³-hybridized carbons (Fsp3) is 0.417. The Morgan fingerprint density at radius 1 is 1.03 bits per heavy atom. The molecule has 1 saturated heterocycles. The Bertz CT molecular complexity index is 876. The number of aryl methyl sites for hydroxylation is 1. The average Bonchev–Trinajstić information content (AvgIpc) is 2.74. The molecule has 0 bridgehead atoms. The topological polar surface area (TPSA) is 43.9 Å². The number of carbonyl (C=O) groups is 2. The largest absolute Gasteiger partial charge is 0.340 e. The Kier molecular flexibility index (Phi) is 7.21. The summed E-state index contributed by atoms with van der Waals surface area (Å²) in [6.07, 6.45) is 0.408. The molecule has 0 saturated carbocycles. The normalized spacial score (nSPS) is 15.7. The zero-order chi connectivity index (χ0) is 21.7. The van der Waals surface area contributed by atoms with Gasteiger partial charge in [-0.25, -0.2) is 4.39 Å². The van der Waals surface area contributed by atoms with Crippen molar-refractivity contribution < 1.29 is 14.0 Å². The monoisotopic (exact) mass is 411 g/mol. The van der Waals surface area contributed by atoms with Gasteiger partial charge in [0.05, 0.1) is 12.5 Å². The molecular formula is C24H30FN3O2. The molecule has 1 atom stereocenters. The van der Waals surface area contributed by atoms with E-state index in [0.717, 1.165) is 11.1 Å². The second kappa shape index (κ2) is 9.85. The number of carbonyl (C=O) groups excluding carboxylic acids is 2. The van der Waals surface area contributed by atoms with Crippen LogP contribution in [-0.2, 0) is 22.6 Å². The van der Waals surface area contributed by atoms with Crippen LogP contribution in [0, 0.1) is 12.7 Å². The van der Waals surface area contributed by atoms with Gasteiger partial charge in [0, 0.05) is 39.8 Å². The maximum absolute atomic E-state index is 13.4. The van der Waals surface area contributed by atoms with Crippen LogP contribution in [-0.4, -0.2) is 65.8 Å². The molecule has 2 aromatic rings. The summed E-state index contributed by atoms with van der Waals surface area (Å²) in [6, 6.07) is 14.1. The van der Waals surface area contributed by atoms with E-state index in [1.54, 1.807) is 18.0 Å². The first-order valence-corrected chi connectivity index (χ1v) is 10.4. The Hall–Kier alpha value is -2.73. The Morgan fingerprint density at radius 2 is 1.70 bits per heavy atom. The fourth-order valence-electron chi connectivity index (χ4n) is 3.81. The van der Waals surface area contributed by atoms with Gasteiger partial charge in [-0.15, -0.1) is 0 Å². The minimum Gasteiger partial charge on any atom is -0.340 e. The standard InChI is InChI=1S/C24H30FN3O2/c1-18-7-9-20(10-8-18)16-23(29)28-13-11-27(12-14-28)19(2)24(30)26(3)17-21-5-4-6-22(25)15-21/h4-10,15,19H,11-14,16-17H2,1-3H3. The molecule has 0 radical (unpaired) electrons. The summed E-state index contributed by atoms with van der Waals surface area (Å²) in [6.45, 7) is 6.87. The molecule has 2 amide bonds. The summed E-state index contributed by atoms with van der Waals surface area (Å²) in [5.41, 5.74) is 2.97. The zero-order valence-corrected chi connectivity index (χ0v) is 18.0. The molecule has 0 aliphatic carbocycles. The molecule has 6 heteroatoms. The van der Waals surface area contributed by atoms with Gasteiger partial charge in [-0.05, 0) is 37.1 Å². The number of nitrogens with zero attached hydrogens (tertiary/aromatic N) is 3. The van der Waals surface area contributed by atoms with Crippen LogP contribution in [0.2, 0.25) is 0 Å². The molecule has 1 fully saturated rings. The van der Waals surface area contributed by atoms with Gasteiger partial charge in [-0.3, -0.25) is 14.5 Å². The first kappa shape index (κ1) is 22.0. The van der Waals surface area contributed by atoms with Crippen LogP contribution in [0.4, 0.5) is 4.39 Å². The highest BCUT2D eigenvalue weighted by Crippen LogP contribution is 2.13. The van der Waals surface area contributed by atoms with Crippen molar-refractivity contribution in [3.05, 3.63) is 71.0 Å². The van der Waals surface area contributed by atoms with E-state index in [0.29, 0.717) is 39.1 Å². The van der Waals surface area contributed by atoms with Crippen molar-refractivity contribution in [3.8, 4) is 0 Å². The molecule has 2 aromatic carbocycles. The van der Waals surface area contributed by atoms with Gasteiger partial charge in [0.25, 0.3) is 0 Å². The number of piperazine rings is 1. The Balaban J connectivity index is 1.49. The van der Waals surface area contributed by atoms with E-state index in [1.807, 2.05) is 49.1 Å². The van der Waals surface area contributed by atoms with Gasteiger partial charge in [-0.1, -0.05) is 42.0 Å². The quantitative estimate of drug-likeness (QED) is 0.734. The Morgan fingerprint density at radius 3 is 2.33 bits per heavy atom. The van der Waals surface area contributed by atoms with Gasteiger partial charge in [0.15, 0.2) is 0 Å². The van der Waals surface area contributed by atoms with Crippen LogP contribution in [0.15, 0.2) is 48.5 Å². The third kappa shape index (κ3) is 5.66. The molecule has 0 N–H and O–H groups in total. The van der Waals surface area contributed by atoms with Crippen LogP contribution >= 0.6 is 0 Å². The molecule has 1 aliphatic rings. The lowest BCUT2D eigenvalue weighted by Gasteiger charge is -2.38. The lowest BCUT2D eigenvalue weighted by Crippen LogP contribution is -2.55. The predicted molar refractivity (Wildman–Crippen MR) is 115 cm³/mol. The van der Waals surface area contributed by atoms with Crippen molar-refractivity contribution in [2.75, 3.05) is 33.2 Å². The minimum absolute atomic E-state index is 0.00121. The van der Waals surface area contributed by atoms with Crippen LogP contribution in [0.5, 0.6) is 0 Å². The van der Waals surface area contributed by atoms with Crippen molar-refractivity contribution in [1.82, 2.24) is 14.7 Å². The smallest absolute Gasteiger partial charge is 0.239 e. The summed E-state index contributed by atoms with van der Waals surface area (Å²) in [7, 11) is 1.74. The van der Waals surface area contributed by atoms with E-state index >= 15 is 0 Å². The number of hydrogen-bond donors (Lipinski definition) is 0. The van der Waals surface area contributed by atoms with Gasteiger partial charge in [-0.2, -0.15) is 0 Å². The summed E-state index contributed by atoms with van der Waals surface area (Å²) >= 11 is 0. The van der Waals surface area contributed by atoms with Crippen molar-refractivity contribution >= 4 is 11.8 Å². The Labute approximate surface area is 178 Å². The van der Waals surface area contributed by atoms with Crippen LogP contribution in [0.1, 0.15) is 23.6 Å². The number of hydrogen-bond acceptors (Lipinski definition) is 3. The lowest BCUT2D eigenvalue weighted by molar-refractivity contribution is -0.138. The number of rotatable bonds is 6. The summed E-state index contributed by atoms with van der Waals surface area (Å²) in [5.74, 6) is -0.174. The van der Waals surface area contributed by atoms with Crippen LogP contribution in [0.3, 0.4) is 0 Å². The van der Waals surface area contributed by atoms with Crippen molar-refractivity contribution in [2.45, 2.75) is 32.9 Å². The molecule has 1 heterocycles. The van der Waals surface area contributed by atoms with Crippen molar-refractivity contribution in [1.29, 1.82) is 0 Å². The summed E-state index contributed by atoms with van der Waals surface area (Å²) < 4.78 is 13.4. The molecule has 3 rings (SSSR count). The lowest BCUT2D eigenvalue weighted by atomic mass is 10.1. The first-order valence-electron chi connectivity index (χ1n) is 10.4. The highest BCUT2D eigenvalue weighted by molar-refractivity contribution is 5.81. The van der Waals surface area contributed by atoms with Gasteiger partial charge >= 0.3 is 0 Å². The zero-order valence-electron chi connectivity index (χ0n) is 18.0. The molecule has 30 heavy (non-hydrogen) atoms. The third-order valence-electron chi connectivity index (χ3n) is 5.73. The molecule has 0 spiro atoms. The SMILES string of the molecule is Cc1ccc(CC(=O)N2CCN(C(C)C(=O)N(C)Cc3cccc(F)c3)CC2)cc1. The molecule has 1 unspecified atom stereocenters. The number of halogens is 1. The minimum atomic E-state index is -0.298. The van der Waals surface area contributed by atoms with Gasteiger partial charge in [0.1, 0.15) is 5.82 Å². The molecule has 0 aromatic heterocycles. The molecular weight excluding hydrogens is 381 g/mol. The highest BCUT2D eigenvalue weighted by atomic mass is 19.1. The maximum atomic E-state index is 13.4. The van der Waals surface area contributed by atoms with Gasteiger partial charge < -0.3 is 9.80 Å². The van der Waals surface area contributed by atoms with Crippen molar-refractivity contribution in [3.63, 3.8) is 0 Å². The second-order valence-electron chi connectivity index (χ2n) is 8.08. The van der Waals surface area contributed by atoms with Crippen LogP contribution in [0.25, 0.3) is 0 Å². The summed E-state index contributed by atoms with van der Waals surface area (Å²) in [4.78, 5) is 31.1.